The largest absolute Gasteiger partial charge is 0.481 e. The Morgan fingerprint density at radius 3 is 2.88 bits per heavy atom. The lowest BCUT2D eigenvalue weighted by Crippen LogP contribution is -1.99. The molecule has 0 fully saturated rings. The van der Waals surface area contributed by atoms with Crippen LogP contribution in [-0.2, 0) is 11.2 Å². The molecule has 1 N–H and O–H groups in total. The summed E-state index contributed by atoms with van der Waals surface area (Å²) in [5.41, 5.74) is 0. The molecule has 0 bridgehead atoms. The predicted molar refractivity (Wildman–Crippen MR) is 63.3 cm³/mol. The summed E-state index contributed by atoms with van der Waals surface area (Å²) in [6.07, 6.45) is 1.46. The second-order valence-corrected chi connectivity index (χ2v) is 5.19. The van der Waals surface area contributed by atoms with Crippen LogP contribution in [0.4, 0.5) is 0 Å². The van der Waals surface area contributed by atoms with Crippen LogP contribution in [0, 0.1) is 0 Å². The van der Waals surface area contributed by atoms with E-state index in [0.717, 1.165) is 15.8 Å². The van der Waals surface area contributed by atoms with Crippen molar-refractivity contribution in [1.29, 1.82) is 0 Å². The van der Waals surface area contributed by atoms with Gasteiger partial charge < -0.3 is 5.11 Å². The zero-order valence-corrected chi connectivity index (χ0v) is 10.6. The van der Waals surface area contributed by atoms with Gasteiger partial charge in [0.05, 0.1) is 0 Å². The van der Waals surface area contributed by atoms with E-state index in [1.165, 1.54) is 11.3 Å². The second kappa shape index (κ2) is 4.79. The summed E-state index contributed by atoms with van der Waals surface area (Å²) in [5, 5.41) is 22.0. The van der Waals surface area contributed by atoms with Gasteiger partial charge in [-0.05, 0) is 6.42 Å². The van der Waals surface area contributed by atoms with Crippen molar-refractivity contribution in [2.75, 3.05) is 0 Å². The Balaban J connectivity index is 2.12. The first-order valence-electron chi connectivity index (χ1n) is 5.50. The van der Waals surface area contributed by atoms with Crippen LogP contribution < -0.4 is 0 Å². The highest BCUT2D eigenvalue weighted by atomic mass is 32.1. The summed E-state index contributed by atoms with van der Waals surface area (Å²) in [6, 6.07) is 0. The number of aryl methyl sites for hydroxylation is 1. The van der Waals surface area contributed by atoms with Gasteiger partial charge >= 0.3 is 5.97 Å². The van der Waals surface area contributed by atoms with Crippen molar-refractivity contribution in [2.45, 2.75) is 39.0 Å². The predicted octanol–water partition coefficient (Wildman–Crippen LogP) is 1.72. The normalized spacial score (nSPS) is 11.5. The molecule has 17 heavy (non-hydrogen) atoms. The number of rotatable bonds is 5. The van der Waals surface area contributed by atoms with Crippen molar-refractivity contribution < 1.29 is 9.90 Å². The molecule has 0 aromatic carbocycles. The van der Waals surface area contributed by atoms with Gasteiger partial charge in [-0.2, -0.15) is 9.61 Å². The second-order valence-electron chi connectivity index (χ2n) is 4.15. The number of carboxylic acid groups (broad SMARTS) is 1. The monoisotopic (exact) mass is 254 g/mol. The van der Waals surface area contributed by atoms with E-state index >= 15 is 0 Å². The standard InChI is InChI=1S/C10H14N4O2S/c1-6(2)9-11-12-10-14(9)13-7(17-10)4-3-5-8(15)16/h6H,3-5H2,1-2H3,(H,15,16). The Bertz CT molecular complexity index is 531. The third-order valence-electron chi connectivity index (χ3n) is 2.35. The molecule has 0 aliphatic rings. The molecule has 0 aliphatic heterocycles. The van der Waals surface area contributed by atoms with Gasteiger partial charge in [0.1, 0.15) is 5.01 Å². The molecule has 2 aromatic heterocycles. The Hall–Kier alpha value is -1.50. The van der Waals surface area contributed by atoms with Crippen molar-refractivity contribution in [2.24, 2.45) is 0 Å². The van der Waals surface area contributed by atoms with Crippen LogP contribution in [0.15, 0.2) is 0 Å². The van der Waals surface area contributed by atoms with Crippen LogP contribution in [0.25, 0.3) is 4.96 Å². The molecule has 0 saturated carbocycles. The Morgan fingerprint density at radius 2 is 2.24 bits per heavy atom. The van der Waals surface area contributed by atoms with E-state index in [1.54, 1.807) is 4.52 Å². The summed E-state index contributed by atoms with van der Waals surface area (Å²) in [7, 11) is 0. The lowest BCUT2D eigenvalue weighted by atomic mass is 10.2. The summed E-state index contributed by atoms with van der Waals surface area (Å²) in [6.45, 7) is 4.08. The van der Waals surface area contributed by atoms with E-state index in [-0.39, 0.29) is 12.3 Å². The number of aliphatic carboxylic acids is 1. The molecule has 0 saturated heterocycles. The molecule has 0 unspecified atom stereocenters. The maximum absolute atomic E-state index is 10.4. The molecule has 0 aliphatic carbocycles. The minimum atomic E-state index is -0.768. The van der Waals surface area contributed by atoms with Crippen molar-refractivity contribution >= 4 is 22.3 Å². The van der Waals surface area contributed by atoms with Gasteiger partial charge in [-0.15, -0.1) is 10.2 Å². The first kappa shape index (κ1) is 12.0. The summed E-state index contributed by atoms with van der Waals surface area (Å²) in [5.74, 6) is 0.357. The van der Waals surface area contributed by atoms with Gasteiger partial charge in [0.25, 0.3) is 0 Å². The summed E-state index contributed by atoms with van der Waals surface area (Å²) >= 11 is 1.47. The summed E-state index contributed by atoms with van der Waals surface area (Å²) in [4.78, 5) is 11.2. The van der Waals surface area contributed by atoms with Gasteiger partial charge in [-0.1, -0.05) is 25.2 Å². The number of hydrogen-bond donors (Lipinski definition) is 1. The topological polar surface area (TPSA) is 80.4 Å². The Kier molecular flexibility index (Phi) is 3.37. The maximum Gasteiger partial charge on any atom is 0.303 e. The molecule has 2 aromatic rings. The average Bonchev–Trinajstić information content (AvgIpc) is 2.75. The molecular weight excluding hydrogens is 240 g/mol. The van der Waals surface area contributed by atoms with Crippen LogP contribution >= 0.6 is 11.3 Å². The number of nitrogens with zero attached hydrogens (tertiary/aromatic N) is 4. The quantitative estimate of drug-likeness (QED) is 0.878. The smallest absolute Gasteiger partial charge is 0.303 e. The lowest BCUT2D eigenvalue weighted by Gasteiger charge is -1.97. The number of carbonyl (C=O) groups is 1. The van der Waals surface area contributed by atoms with Crippen molar-refractivity contribution in [1.82, 2.24) is 19.8 Å². The summed E-state index contributed by atoms with van der Waals surface area (Å²) < 4.78 is 1.76. The molecule has 0 radical (unpaired) electrons. The molecular formula is C10H14N4O2S. The number of hydrogen-bond acceptors (Lipinski definition) is 5. The van der Waals surface area contributed by atoms with Gasteiger partial charge in [-0.25, -0.2) is 0 Å². The molecule has 92 valence electrons. The van der Waals surface area contributed by atoms with Crippen LogP contribution in [0.3, 0.4) is 0 Å². The number of carboxylic acids is 1. The first-order chi connectivity index (χ1) is 8.08. The molecule has 0 spiro atoms. The van der Waals surface area contributed by atoms with E-state index in [1.807, 2.05) is 13.8 Å². The fraction of sp³-hybridized carbons (Fsp3) is 0.600. The van der Waals surface area contributed by atoms with Gasteiger partial charge in [0.15, 0.2) is 5.82 Å². The van der Waals surface area contributed by atoms with E-state index in [2.05, 4.69) is 15.3 Å². The zero-order valence-electron chi connectivity index (χ0n) is 9.75. The highest BCUT2D eigenvalue weighted by Crippen LogP contribution is 2.19. The third kappa shape index (κ3) is 2.60. The van der Waals surface area contributed by atoms with Gasteiger partial charge in [-0.3, -0.25) is 4.79 Å². The molecule has 7 heteroatoms. The van der Waals surface area contributed by atoms with Crippen LogP contribution in [-0.4, -0.2) is 30.9 Å². The lowest BCUT2D eigenvalue weighted by molar-refractivity contribution is -0.137. The minimum absolute atomic E-state index is 0.178. The molecule has 0 atom stereocenters. The average molecular weight is 254 g/mol. The highest BCUT2D eigenvalue weighted by Gasteiger charge is 2.14. The molecule has 0 amide bonds. The van der Waals surface area contributed by atoms with Crippen LogP contribution in [0.1, 0.15) is 43.4 Å². The number of aromatic nitrogens is 4. The SMILES string of the molecule is CC(C)c1nnc2sc(CCCC(=O)O)nn12. The Morgan fingerprint density at radius 1 is 1.47 bits per heavy atom. The fourth-order valence-corrected chi connectivity index (χ4v) is 2.41. The van der Waals surface area contributed by atoms with E-state index in [0.29, 0.717) is 12.8 Å². The van der Waals surface area contributed by atoms with Crippen LogP contribution in [0.2, 0.25) is 0 Å². The van der Waals surface area contributed by atoms with Crippen LogP contribution in [0.5, 0.6) is 0 Å². The fourth-order valence-electron chi connectivity index (χ4n) is 1.52. The first-order valence-corrected chi connectivity index (χ1v) is 6.32. The zero-order chi connectivity index (χ0) is 12.4. The minimum Gasteiger partial charge on any atom is -0.481 e. The van der Waals surface area contributed by atoms with Gasteiger partial charge in [0.2, 0.25) is 4.96 Å². The van der Waals surface area contributed by atoms with Crippen molar-refractivity contribution in [3.05, 3.63) is 10.8 Å². The number of fused-ring (bicyclic) bond motifs is 1. The van der Waals surface area contributed by atoms with E-state index in [9.17, 15) is 4.79 Å². The molecule has 2 heterocycles. The van der Waals surface area contributed by atoms with E-state index < -0.39 is 5.97 Å². The molecule has 2 rings (SSSR count). The Labute approximate surface area is 102 Å². The van der Waals surface area contributed by atoms with Crippen molar-refractivity contribution in [3.8, 4) is 0 Å². The third-order valence-corrected chi connectivity index (χ3v) is 3.31. The highest BCUT2D eigenvalue weighted by molar-refractivity contribution is 7.16. The molecule has 6 nitrogen and oxygen atoms in total. The van der Waals surface area contributed by atoms with Crippen molar-refractivity contribution in [3.63, 3.8) is 0 Å². The van der Waals surface area contributed by atoms with Gasteiger partial charge in [0, 0.05) is 18.8 Å². The van der Waals surface area contributed by atoms with E-state index in [4.69, 9.17) is 5.11 Å². The maximum atomic E-state index is 10.4.